The number of hydrogen-bond donors (Lipinski definition) is 0. The third-order valence-electron chi connectivity index (χ3n) is 4.61. The van der Waals surface area contributed by atoms with E-state index in [1.807, 2.05) is 42.3 Å². The summed E-state index contributed by atoms with van der Waals surface area (Å²) < 4.78 is 10.9. The van der Waals surface area contributed by atoms with E-state index in [0.29, 0.717) is 0 Å². The summed E-state index contributed by atoms with van der Waals surface area (Å²) in [6.45, 7) is 2.00. The van der Waals surface area contributed by atoms with Gasteiger partial charge in [0, 0.05) is 11.8 Å². The Bertz CT molecular complexity index is 969. The first-order valence-electron chi connectivity index (χ1n) is 8.76. The number of nitrogens with zero attached hydrogens (tertiary/aromatic N) is 3. The Labute approximate surface area is 162 Å². The van der Waals surface area contributed by atoms with Gasteiger partial charge in [0.1, 0.15) is 0 Å². The molecule has 1 aliphatic rings. The van der Waals surface area contributed by atoms with Gasteiger partial charge in [0.05, 0.1) is 31.7 Å². The standard InChI is InChI=1S/C21H21N3O2S/c1-14-13-27-21(22-14)24-18(12-17(23-24)15-7-5-4-6-8-15)16-9-10-19(25-2)20(11-16)26-3/h4-11,13,18H,12H2,1-3H3. The topological polar surface area (TPSA) is 47.0 Å². The van der Waals surface area contributed by atoms with Crippen LogP contribution in [0.3, 0.4) is 0 Å². The SMILES string of the molecule is COc1ccc(C2CC(c3ccccc3)=NN2c2nc(C)cs2)cc1OC. The van der Waals surface area contributed by atoms with Gasteiger partial charge in [-0.1, -0.05) is 36.4 Å². The number of aryl methyl sites for hydroxylation is 1. The van der Waals surface area contributed by atoms with Gasteiger partial charge in [0.25, 0.3) is 0 Å². The molecule has 1 aromatic heterocycles. The summed E-state index contributed by atoms with van der Waals surface area (Å²) in [5.74, 6) is 1.44. The number of methoxy groups -OCH3 is 2. The molecule has 4 rings (SSSR count). The molecular formula is C21H21N3O2S. The number of anilines is 1. The van der Waals surface area contributed by atoms with E-state index in [1.54, 1.807) is 25.6 Å². The van der Waals surface area contributed by atoms with Crippen molar-refractivity contribution in [3.05, 3.63) is 70.7 Å². The van der Waals surface area contributed by atoms with Crippen molar-refractivity contribution >= 4 is 22.2 Å². The highest BCUT2D eigenvalue weighted by molar-refractivity contribution is 7.13. The minimum Gasteiger partial charge on any atom is -0.493 e. The van der Waals surface area contributed by atoms with E-state index in [1.165, 1.54) is 0 Å². The highest BCUT2D eigenvalue weighted by Gasteiger charge is 2.32. The van der Waals surface area contributed by atoms with Crippen molar-refractivity contribution in [3.8, 4) is 11.5 Å². The smallest absolute Gasteiger partial charge is 0.206 e. The lowest BCUT2D eigenvalue weighted by atomic mass is 9.98. The maximum absolute atomic E-state index is 5.50. The molecule has 0 amide bonds. The van der Waals surface area contributed by atoms with Crippen molar-refractivity contribution in [1.82, 2.24) is 4.98 Å². The number of aromatic nitrogens is 1. The predicted molar refractivity (Wildman–Crippen MR) is 109 cm³/mol. The molecule has 0 N–H and O–H groups in total. The van der Waals surface area contributed by atoms with Crippen molar-refractivity contribution < 1.29 is 9.47 Å². The Morgan fingerprint density at radius 3 is 2.48 bits per heavy atom. The van der Waals surface area contributed by atoms with Crippen LogP contribution in [0.2, 0.25) is 0 Å². The van der Waals surface area contributed by atoms with Crippen LogP contribution in [0.1, 0.15) is 29.3 Å². The quantitative estimate of drug-likeness (QED) is 0.637. The van der Waals surface area contributed by atoms with Crippen LogP contribution < -0.4 is 14.5 Å². The molecule has 1 unspecified atom stereocenters. The van der Waals surface area contributed by atoms with Gasteiger partial charge in [-0.05, 0) is 30.2 Å². The molecule has 0 fully saturated rings. The zero-order chi connectivity index (χ0) is 18.8. The summed E-state index contributed by atoms with van der Waals surface area (Å²) in [4.78, 5) is 4.65. The average molecular weight is 379 g/mol. The molecule has 5 nitrogen and oxygen atoms in total. The van der Waals surface area contributed by atoms with Crippen molar-refractivity contribution in [2.45, 2.75) is 19.4 Å². The Hall–Kier alpha value is -2.86. The fourth-order valence-corrected chi connectivity index (χ4v) is 4.06. The maximum atomic E-state index is 5.50. The van der Waals surface area contributed by atoms with E-state index in [-0.39, 0.29) is 6.04 Å². The monoisotopic (exact) mass is 379 g/mol. The molecule has 2 heterocycles. The van der Waals surface area contributed by atoms with Crippen LogP contribution >= 0.6 is 11.3 Å². The third kappa shape index (κ3) is 3.40. The minimum absolute atomic E-state index is 0.0607. The molecule has 0 aliphatic carbocycles. The van der Waals surface area contributed by atoms with E-state index in [2.05, 4.69) is 28.6 Å². The second-order valence-corrected chi connectivity index (χ2v) is 7.20. The summed E-state index contributed by atoms with van der Waals surface area (Å²) in [5, 5.41) is 9.91. The highest BCUT2D eigenvalue weighted by Crippen LogP contribution is 2.40. The number of benzene rings is 2. The van der Waals surface area contributed by atoms with Crippen LogP contribution in [0, 0.1) is 6.92 Å². The molecule has 0 bridgehead atoms. The lowest BCUT2D eigenvalue weighted by Crippen LogP contribution is -2.18. The highest BCUT2D eigenvalue weighted by atomic mass is 32.1. The summed E-state index contributed by atoms with van der Waals surface area (Å²) in [6.07, 6.45) is 0.804. The molecule has 2 aromatic carbocycles. The second kappa shape index (κ2) is 7.40. The van der Waals surface area contributed by atoms with Gasteiger partial charge in [0.2, 0.25) is 5.13 Å². The molecule has 0 radical (unpaired) electrons. The number of thiazole rings is 1. The predicted octanol–water partition coefficient (Wildman–Crippen LogP) is 4.82. The lowest BCUT2D eigenvalue weighted by molar-refractivity contribution is 0.354. The fraction of sp³-hybridized carbons (Fsp3) is 0.238. The summed E-state index contributed by atoms with van der Waals surface area (Å²) >= 11 is 1.61. The molecule has 1 aliphatic heterocycles. The van der Waals surface area contributed by atoms with E-state index in [4.69, 9.17) is 14.6 Å². The van der Waals surface area contributed by atoms with Crippen molar-refractivity contribution in [2.75, 3.05) is 19.2 Å². The maximum Gasteiger partial charge on any atom is 0.206 e. The van der Waals surface area contributed by atoms with E-state index >= 15 is 0 Å². The number of ether oxygens (including phenoxy) is 2. The molecule has 0 saturated heterocycles. The summed E-state index contributed by atoms with van der Waals surface area (Å²) in [5.41, 5.74) is 4.32. The molecular weight excluding hydrogens is 358 g/mol. The molecule has 27 heavy (non-hydrogen) atoms. The van der Waals surface area contributed by atoms with Crippen LogP contribution in [-0.2, 0) is 0 Å². The number of hydrazone groups is 1. The van der Waals surface area contributed by atoms with Crippen LogP contribution in [0.4, 0.5) is 5.13 Å². The normalized spacial score (nSPS) is 16.3. The molecule has 1 atom stereocenters. The van der Waals surface area contributed by atoms with Gasteiger partial charge in [-0.15, -0.1) is 11.3 Å². The minimum atomic E-state index is 0.0607. The van der Waals surface area contributed by atoms with Crippen LogP contribution in [0.25, 0.3) is 0 Å². The van der Waals surface area contributed by atoms with Crippen molar-refractivity contribution in [1.29, 1.82) is 0 Å². The summed E-state index contributed by atoms with van der Waals surface area (Å²) in [6, 6.07) is 16.4. The molecule has 138 valence electrons. The van der Waals surface area contributed by atoms with Gasteiger partial charge >= 0.3 is 0 Å². The first-order chi connectivity index (χ1) is 13.2. The second-order valence-electron chi connectivity index (χ2n) is 6.36. The zero-order valence-electron chi connectivity index (χ0n) is 15.5. The Balaban J connectivity index is 1.75. The first kappa shape index (κ1) is 17.5. The van der Waals surface area contributed by atoms with Gasteiger partial charge in [0.15, 0.2) is 11.5 Å². The first-order valence-corrected chi connectivity index (χ1v) is 9.63. The molecule has 0 saturated carbocycles. The largest absolute Gasteiger partial charge is 0.493 e. The van der Waals surface area contributed by atoms with E-state index in [0.717, 1.165) is 45.6 Å². The van der Waals surface area contributed by atoms with Gasteiger partial charge in [-0.25, -0.2) is 9.99 Å². The third-order valence-corrected chi connectivity index (χ3v) is 5.56. The Kier molecular flexibility index (Phi) is 4.81. The van der Waals surface area contributed by atoms with E-state index in [9.17, 15) is 0 Å². The molecule has 6 heteroatoms. The van der Waals surface area contributed by atoms with E-state index < -0.39 is 0 Å². The lowest BCUT2D eigenvalue weighted by Gasteiger charge is -2.22. The van der Waals surface area contributed by atoms with Crippen LogP contribution in [-0.4, -0.2) is 24.9 Å². The Morgan fingerprint density at radius 2 is 1.81 bits per heavy atom. The molecule has 0 spiro atoms. The Morgan fingerprint density at radius 1 is 1.04 bits per heavy atom. The number of rotatable bonds is 5. The van der Waals surface area contributed by atoms with Crippen LogP contribution in [0.15, 0.2) is 59.0 Å². The van der Waals surface area contributed by atoms with Crippen molar-refractivity contribution in [2.24, 2.45) is 5.10 Å². The van der Waals surface area contributed by atoms with Gasteiger partial charge in [-0.3, -0.25) is 0 Å². The van der Waals surface area contributed by atoms with Gasteiger partial charge in [-0.2, -0.15) is 5.10 Å². The molecule has 3 aromatic rings. The average Bonchev–Trinajstić information content (AvgIpc) is 3.34. The summed E-state index contributed by atoms with van der Waals surface area (Å²) in [7, 11) is 3.30. The zero-order valence-corrected chi connectivity index (χ0v) is 16.4. The van der Waals surface area contributed by atoms with Gasteiger partial charge < -0.3 is 9.47 Å². The number of hydrogen-bond acceptors (Lipinski definition) is 6. The van der Waals surface area contributed by atoms with Crippen molar-refractivity contribution in [3.63, 3.8) is 0 Å². The van der Waals surface area contributed by atoms with Crippen LogP contribution in [0.5, 0.6) is 11.5 Å². The fourth-order valence-electron chi connectivity index (χ4n) is 3.26.